The number of hydrazine groups is 1. The van der Waals surface area contributed by atoms with Crippen LogP contribution in [0.1, 0.15) is 25.7 Å². The van der Waals surface area contributed by atoms with E-state index in [9.17, 15) is 0 Å². The van der Waals surface area contributed by atoms with Gasteiger partial charge in [0.2, 0.25) is 0 Å². The topological polar surface area (TPSA) is 56.5 Å². The number of hydrogen-bond acceptors (Lipinski definition) is 4. The summed E-state index contributed by atoms with van der Waals surface area (Å²) in [5, 5.41) is 0. The zero-order valence-electron chi connectivity index (χ0n) is 8.51. The molecule has 1 fully saturated rings. The van der Waals surface area contributed by atoms with Gasteiger partial charge >= 0.3 is 0 Å². The molecule has 1 aliphatic carbocycles. The molecule has 0 bridgehead atoms. The normalized spacial score (nSPS) is 22.4. The highest BCUT2D eigenvalue weighted by atomic mass is 16.5. The van der Waals surface area contributed by atoms with Crippen LogP contribution >= 0.6 is 0 Å². The van der Waals surface area contributed by atoms with Crippen LogP contribution in [0.25, 0.3) is 0 Å². The van der Waals surface area contributed by atoms with Crippen molar-refractivity contribution in [3.8, 4) is 0 Å². The highest BCUT2D eigenvalue weighted by molar-refractivity contribution is 4.92. The molecular formula is C9H20N2O2. The number of methoxy groups -OCH3 is 2. The van der Waals surface area contributed by atoms with Crippen molar-refractivity contribution in [3.05, 3.63) is 0 Å². The first-order chi connectivity index (χ1) is 6.26. The Morgan fingerprint density at radius 1 is 1.46 bits per heavy atom. The van der Waals surface area contributed by atoms with E-state index in [1.807, 2.05) is 0 Å². The van der Waals surface area contributed by atoms with Crippen molar-refractivity contribution < 1.29 is 9.47 Å². The van der Waals surface area contributed by atoms with Crippen molar-refractivity contribution in [3.63, 3.8) is 0 Å². The summed E-state index contributed by atoms with van der Waals surface area (Å²) >= 11 is 0. The fraction of sp³-hybridized carbons (Fsp3) is 1.00. The highest BCUT2D eigenvalue weighted by Gasteiger charge is 2.38. The molecule has 1 aliphatic rings. The summed E-state index contributed by atoms with van der Waals surface area (Å²) in [6.45, 7) is 0.640. The van der Waals surface area contributed by atoms with E-state index in [1.165, 1.54) is 6.42 Å². The lowest BCUT2D eigenvalue weighted by molar-refractivity contribution is -0.0871. The maximum absolute atomic E-state index is 5.50. The van der Waals surface area contributed by atoms with Crippen molar-refractivity contribution in [2.45, 2.75) is 37.3 Å². The molecule has 0 aromatic carbocycles. The SMILES string of the molecule is COCC(CC1(OC)CCC1)NN. The molecule has 4 nitrogen and oxygen atoms in total. The molecule has 1 rings (SSSR count). The molecule has 0 aromatic rings. The van der Waals surface area contributed by atoms with Crippen molar-refractivity contribution in [1.82, 2.24) is 5.43 Å². The van der Waals surface area contributed by atoms with Crippen LogP contribution in [0.3, 0.4) is 0 Å². The number of nitrogens with two attached hydrogens (primary N) is 1. The van der Waals surface area contributed by atoms with Gasteiger partial charge < -0.3 is 9.47 Å². The van der Waals surface area contributed by atoms with E-state index in [1.54, 1.807) is 14.2 Å². The molecule has 0 saturated heterocycles. The summed E-state index contributed by atoms with van der Waals surface area (Å²) in [7, 11) is 3.46. The maximum atomic E-state index is 5.50. The molecular weight excluding hydrogens is 168 g/mol. The van der Waals surface area contributed by atoms with Gasteiger partial charge in [-0.3, -0.25) is 11.3 Å². The second-order valence-electron chi connectivity index (χ2n) is 3.76. The fourth-order valence-electron chi connectivity index (χ4n) is 1.88. The van der Waals surface area contributed by atoms with Crippen LogP contribution in [0.15, 0.2) is 0 Å². The molecule has 0 spiro atoms. The minimum absolute atomic E-state index is 0.0650. The quantitative estimate of drug-likeness (QED) is 0.468. The van der Waals surface area contributed by atoms with Crippen molar-refractivity contribution in [2.75, 3.05) is 20.8 Å². The molecule has 78 valence electrons. The van der Waals surface area contributed by atoms with Crippen LogP contribution in [0.2, 0.25) is 0 Å². The predicted octanol–water partition coefficient (Wildman–Crippen LogP) is 0.424. The molecule has 1 saturated carbocycles. The van der Waals surface area contributed by atoms with Gasteiger partial charge in [0.15, 0.2) is 0 Å². The summed E-state index contributed by atoms with van der Waals surface area (Å²) in [6.07, 6.45) is 4.49. The summed E-state index contributed by atoms with van der Waals surface area (Å²) < 4.78 is 10.6. The Morgan fingerprint density at radius 2 is 2.15 bits per heavy atom. The molecule has 1 atom stereocenters. The van der Waals surface area contributed by atoms with Gasteiger partial charge in [-0.15, -0.1) is 0 Å². The lowest BCUT2D eigenvalue weighted by Gasteiger charge is -2.42. The summed E-state index contributed by atoms with van der Waals surface area (Å²) in [4.78, 5) is 0. The van der Waals surface area contributed by atoms with Crippen LogP contribution in [0.4, 0.5) is 0 Å². The highest BCUT2D eigenvalue weighted by Crippen LogP contribution is 2.38. The number of hydrogen-bond donors (Lipinski definition) is 2. The fourth-order valence-corrected chi connectivity index (χ4v) is 1.88. The van der Waals surface area contributed by atoms with Gasteiger partial charge in [0.05, 0.1) is 12.2 Å². The summed E-state index contributed by atoms with van der Waals surface area (Å²) in [5.41, 5.74) is 2.82. The largest absolute Gasteiger partial charge is 0.383 e. The van der Waals surface area contributed by atoms with E-state index in [4.69, 9.17) is 15.3 Å². The van der Waals surface area contributed by atoms with E-state index >= 15 is 0 Å². The third kappa shape index (κ3) is 2.64. The lowest BCUT2D eigenvalue weighted by atomic mass is 9.76. The van der Waals surface area contributed by atoms with E-state index in [-0.39, 0.29) is 11.6 Å². The van der Waals surface area contributed by atoms with Crippen molar-refractivity contribution >= 4 is 0 Å². The monoisotopic (exact) mass is 188 g/mol. The van der Waals surface area contributed by atoms with Gasteiger partial charge in [-0.1, -0.05) is 0 Å². The van der Waals surface area contributed by atoms with Crippen LogP contribution in [-0.2, 0) is 9.47 Å². The molecule has 0 amide bonds. The Kier molecular flexibility index (Phi) is 4.12. The van der Waals surface area contributed by atoms with Gasteiger partial charge in [0, 0.05) is 20.3 Å². The Morgan fingerprint density at radius 3 is 2.46 bits per heavy atom. The summed E-state index contributed by atoms with van der Waals surface area (Å²) in [6, 6.07) is 0.199. The van der Waals surface area contributed by atoms with Gasteiger partial charge in [-0.05, 0) is 25.7 Å². The third-order valence-corrected chi connectivity index (χ3v) is 2.92. The second-order valence-corrected chi connectivity index (χ2v) is 3.76. The van der Waals surface area contributed by atoms with E-state index < -0.39 is 0 Å². The van der Waals surface area contributed by atoms with Crippen LogP contribution < -0.4 is 11.3 Å². The Hall–Kier alpha value is -0.160. The molecule has 0 aliphatic heterocycles. The van der Waals surface area contributed by atoms with Gasteiger partial charge in [-0.25, -0.2) is 0 Å². The van der Waals surface area contributed by atoms with Crippen molar-refractivity contribution in [1.29, 1.82) is 0 Å². The first kappa shape index (κ1) is 10.9. The van der Waals surface area contributed by atoms with Gasteiger partial charge in [0.25, 0.3) is 0 Å². The first-order valence-corrected chi connectivity index (χ1v) is 4.76. The number of nitrogens with one attached hydrogen (secondary N) is 1. The Labute approximate surface area is 79.7 Å². The van der Waals surface area contributed by atoms with Crippen LogP contribution in [0, 0.1) is 0 Å². The molecule has 0 heterocycles. The molecule has 4 heteroatoms. The average molecular weight is 188 g/mol. The molecule has 13 heavy (non-hydrogen) atoms. The van der Waals surface area contributed by atoms with Crippen LogP contribution in [0.5, 0.6) is 0 Å². The average Bonchev–Trinajstić information content (AvgIpc) is 2.09. The maximum Gasteiger partial charge on any atom is 0.0695 e. The smallest absolute Gasteiger partial charge is 0.0695 e. The van der Waals surface area contributed by atoms with Crippen molar-refractivity contribution in [2.24, 2.45) is 5.84 Å². The first-order valence-electron chi connectivity index (χ1n) is 4.76. The Balaban J connectivity index is 2.34. The minimum Gasteiger partial charge on any atom is -0.383 e. The molecule has 0 aromatic heterocycles. The van der Waals surface area contributed by atoms with E-state index in [0.29, 0.717) is 6.61 Å². The van der Waals surface area contributed by atoms with Crippen LogP contribution in [-0.4, -0.2) is 32.5 Å². The number of ether oxygens (including phenoxy) is 2. The zero-order valence-corrected chi connectivity index (χ0v) is 8.51. The van der Waals surface area contributed by atoms with E-state index in [2.05, 4.69) is 5.43 Å². The second kappa shape index (κ2) is 4.91. The Bertz CT molecular complexity index is 143. The lowest BCUT2D eigenvalue weighted by Crippen LogP contribution is -2.49. The molecule has 1 unspecified atom stereocenters. The zero-order chi connectivity index (χ0) is 9.73. The predicted molar refractivity (Wildman–Crippen MR) is 51.2 cm³/mol. The van der Waals surface area contributed by atoms with Gasteiger partial charge in [-0.2, -0.15) is 0 Å². The minimum atomic E-state index is 0.0650. The number of rotatable bonds is 6. The molecule has 3 N–H and O–H groups in total. The van der Waals surface area contributed by atoms with Gasteiger partial charge in [0.1, 0.15) is 0 Å². The van der Waals surface area contributed by atoms with E-state index in [0.717, 1.165) is 19.3 Å². The molecule has 0 radical (unpaired) electrons. The third-order valence-electron chi connectivity index (χ3n) is 2.92. The summed E-state index contributed by atoms with van der Waals surface area (Å²) in [5.74, 6) is 5.41. The standard InChI is InChI=1S/C9H20N2O2/c1-12-7-8(11-10)6-9(13-2)4-3-5-9/h8,11H,3-7,10H2,1-2H3.